The lowest BCUT2D eigenvalue weighted by atomic mass is 10.0. The highest BCUT2D eigenvalue weighted by Gasteiger charge is 2.18. The van der Waals surface area contributed by atoms with E-state index in [1.165, 1.54) is 70.6 Å². The summed E-state index contributed by atoms with van der Waals surface area (Å²) in [5, 5.41) is 11.8. The standard InChI is InChI=1S/C21H41NO3S/c1-3-4-5-6-7-8-9-10-11-12-13-14-15-16-20(23)22-19(21(24)25)17-18-26-2/h19H,3-18H2,1-2H3,(H,22,23)(H,24,25)/t19-/m0/s1. The number of unbranched alkanes of at least 4 members (excludes halogenated alkanes) is 12. The molecular weight excluding hydrogens is 346 g/mol. The first-order valence-electron chi connectivity index (χ1n) is 10.6. The minimum absolute atomic E-state index is 0.124. The highest BCUT2D eigenvalue weighted by atomic mass is 32.2. The lowest BCUT2D eigenvalue weighted by Gasteiger charge is -2.13. The van der Waals surface area contributed by atoms with E-state index in [2.05, 4.69) is 12.2 Å². The van der Waals surface area contributed by atoms with Gasteiger partial charge in [0.2, 0.25) is 5.91 Å². The number of hydrogen-bond donors (Lipinski definition) is 2. The van der Waals surface area contributed by atoms with Gasteiger partial charge in [0.1, 0.15) is 6.04 Å². The number of carbonyl (C=O) groups is 2. The molecule has 0 saturated heterocycles. The van der Waals surface area contributed by atoms with Crippen LogP contribution in [0.5, 0.6) is 0 Å². The van der Waals surface area contributed by atoms with E-state index < -0.39 is 12.0 Å². The summed E-state index contributed by atoms with van der Waals surface area (Å²) in [6, 6.07) is -0.739. The van der Waals surface area contributed by atoms with Gasteiger partial charge in [-0.05, 0) is 24.9 Å². The van der Waals surface area contributed by atoms with Gasteiger partial charge in [-0.1, -0.05) is 84.0 Å². The van der Waals surface area contributed by atoms with Gasteiger partial charge in [0.05, 0.1) is 0 Å². The van der Waals surface area contributed by atoms with Crippen LogP contribution < -0.4 is 5.32 Å². The molecule has 2 N–H and O–H groups in total. The number of hydrogen-bond acceptors (Lipinski definition) is 3. The van der Waals surface area contributed by atoms with Crippen molar-refractivity contribution in [1.82, 2.24) is 5.32 Å². The van der Waals surface area contributed by atoms with Crippen molar-refractivity contribution >= 4 is 23.6 Å². The normalized spacial score (nSPS) is 12.1. The van der Waals surface area contributed by atoms with Crippen LogP contribution >= 0.6 is 11.8 Å². The van der Waals surface area contributed by atoms with Crippen molar-refractivity contribution in [1.29, 1.82) is 0 Å². The smallest absolute Gasteiger partial charge is 0.326 e. The molecule has 1 atom stereocenters. The number of amides is 1. The van der Waals surface area contributed by atoms with Gasteiger partial charge in [0.25, 0.3) is 0 Å². The number of nitrogens with one attached hydrogen (secondary N) is 1. The van der Waals surface area contributed by atoms with Crippen LogP contribution in [0.3, 0.4) is 0 Å². The SMILES string of the molecule is CCCCCCCCCCCCCCCC(=O)N[C@@H](CCSC)C(=O)O. The maximum atomic E-state index is 11.8. The molecule has 0 unspecified atom stereocenters. The zero-order valence-corrected chi connectivity index (χ0v) is 17.9. The molecule has 0 aromatic rings. The van der Waals surface area contributed by atoms with Crippen LogP contribution in [0.2, 0.25) is 0 Å². The van der Waals surface area contributed by atoms with Gasteiger partial charge in [0.15, 0.2) is 0 Å². The predicted octanol–water partition coefficient (Wildman–Crippen LogP) is 5.79. The Balaban J connectivity index is 3.43. The summed E-state index contributed by atoms with van der Waals surface area (Å²) < 4.78 is 0. The third kappa shape index (κ3) is 16.7. The Kier molecular flexibility index (Phi) is 18.5. The van der Waals surface area contributed by atoms with Crippen molar-refractivity contribution in [2.75, 3.05) is 12.0 Å². The molecule has 1 amide bonds. The van der Waals surface area contributed by atoms with Crippen LogP contribution in [0.4, 0.5) is 0 Å². The zero-order chi connectivity index (χ0) is 19.5. The summed E-state index contributed by atoms with van der Waals surface area (Å²) in [4.78, 5) is 22.9. The molecule has 26 heavy (non-hydrogen) atoms. The van der Waals surface area contributed by atoms with Crippen LogP contribution in [0.1, 0.15) is 103 Å². The van der Waals surface area contributed by atoms with Crippen molar-refractivity contribution in [3.05, 3.63) is 0 Å². The summed E-state index contributed by atoms with van der Waals surface area (Å²) >= 11 is 1.60. The van der Waals surface area contributed by atoms with Crippen molar-refractivity contribution < 1.29 is 14.7 Å². The Morgan fingerprint density at radius 3 is 1.73 bits per heavy atom. The fourth-order valence-corrected chi connectivity index (χ4v) is 3.53. The zero-order valence-electron chi connectivity index (χ0n) is 17.1. The average molecular weight is 388 g/mol. The van der Waals surface area contributed by atoms with Gasteiger partial charge in [-0.3, -0.25) is 4.79 Å². The molecule has 0 aromatic carbocycles. The van der Waals surface area contributed by atoms with Crippen molar-refractivity contribution in [2.24, 2.45) is 0 Å². The molecule has 5 heteroatoms. The average Bonchev–Trinajstić information content (AvgIpc) is 2.62. The highest BCUT2D eigenvalue weighted by Crippen LogP contribution is 2.13. The first-order chi connectivity index (χ1) is 12.6. The molecule has 0 rings (SSSR count). The summed E-state index contributed by atoms with van der Waals surface area (Å²) in [5.74, 6) is -0.310. The van der Waals surface area contributed by atoms with Crippen molar-refractivity contribution in [3.63, 3.8) is 0 Å². The molecule has 154 valence electrons. The molecule has 0 radical (unpaired) electrons. The molecule has 0 bridgehead atoms. The van der Waals surface area contributed by atoms with E-state index >= 15 is 0 Å². The minimum atomic E-state index is -0.933. The summed E-state index contributed by atoms with van der Waals surface area (Å²) in [6.45, 7) is 2.26. The van der Waals surface area contributed by atoms with E-state index in [-0.39, 0.29) is 5.91 Å². The number of carbonyl (C=O) groups excluding carboxylic acids is 1. The Hall–Kier alpha value is -0.710. The lowest BCUT2D eigenvalue weighted by molar-refractivity contribution is -0.141. The number of thioether (sulfide) groups is 1. The fourth-order valence-electron chi connectivity index (χ4n) is 3.06. The van der Waals surface area contributed by atoms with E-state index in [9.17, 15) is 9.59 Å². The van der Waals surface area contributed by atoms with Gasteiger partial charge in [0, 0.05) is 6.42 Å². The predicted molar refractivity (Wildman–Crippen MR) is 113 cm³/mol. The second-order valence-corrected chi connectivity index (χ2v) is 8.22. The quantitative estimate of drug-likeness (QED) is 0.275. The first kappa shape index (κ1) is 25.3. The lowest BCUT2D eigenvalue weighted by Crippen LogP contribution is -2.41. The monoisotopic (exact) mass is 387 g/mol. The minimum Gasteiger partial charge on any atom is -0.480 e. The largest absolute Gasteiger partial charge is 0.480 e. The van der Waals surface area contributed by atoms with Gasteiger partial charge in [-0.25, -0.2) is 4.79 Å². The molecule has 0 saturated carbocycles. The van der Waals surface area contributed by atoms with Crippen LogP contribution in [-0.4, -0.2) is 35.0 Å². The molecule has 0 heterocycles. The Morgan fingerprint density at radius 2 is 1.31 bits per heavy atom. The number of aliphatic carboxylic acids is 1. The Morgan fingerprint density at radius 1 is 0.846 bits per heavy atom. The van der Waals surface area contributed by atoms with E-state index in [1.807, 2.05) is 6.26 Å². The second-order valence-electron chi connectivity index (χ2n) is 7.23. The van der Waals surface area contributed by atoms with E-state index in [0.29, 0.717) is 12.8 Å². The molecule has 0 fully saturated rings. The van der Waals surface area contributed by atoms with Crippen molar-refractivity contribution in [2.45, 2.75) is 109 Å². The maximum absolute atomic E-state index is 11.8. The van der Waals surface area contributed by atoms with Crippen LogP contribution in [-0.2, 0) is 9.59 Å². The summed E-state index contributed by atoms with van der Waals surface area (Å²) in [5.41, 5.74) is 0. The molecular formula is C21H41NO3S. The van der Waals surface area contributed by atoms with E-state index in [1.54, 1.807) is 11.8 Å². The molecule has 0 aromatic heterocycles. The van der Waals surface area contributed by atoms with Crippen molar-refractivity contribution in [3.8, 4) is 0 Å². The van der Waals surface area contributed by atoms with Crippen LogP contribution in [0.25, 0.3) is 0 Å². The number of carboxylic acid groups (broad SMARTS) is 1. The van der Waals surface area contributed by atoms with Crippen LogP contribution in [0, 0.1) is 0 Å². The van der Waals surface area contributed by atoms with Gasteiger partial charge < -0.3 is 10.4 Å². The van der Waals surface area contributed by atoms with Gasteiger partial charge >= 0.3 is 5.97 Å². The topological polar surface area (TPSA) is 66.4 Å². The number of rotatable bonds is 19. The third-order valence-corrected chi connectivity index (χ3v) is 5.40. The highest BCUT2D eigenvalue weighted by molar-refractivity contribution is 7.98. The Labute approximate surface area is 165 Å². The number of carboxylic acids is 1. The molecule has 4 nitrogen and oxygen atoms in total. The maximum Gasteiger partial charge on any atom is 0.326 e. The fraction of sp³-hybridized carbons (Fsp3) is 0.905. The van der Waals surface area contributed by atoms with Gasteiger partial charge in [-0.15, -0.1) is 0 Å². The summed E-state index contributed by atoms with van der Waals surface area (Å²) in [7, 11) is 0. The van der Waals surface area contributed by atoms with Crippen LogP contribution in [0.15, 0.2) is 0 Å². The molecule has 0 aliphatic rings. The van der Waals surface area contributed by atoms with Gasteiger partial charge in [-0.2, -0.15) is 11.8 Å². The first-order valence-corrected chi connectivity index (χ1v) is 12.0. The summed E-state index contributed by atoms with van der Waals surface area (Å²) in [6.07, 6.45) is 19.5. The third-order valence-electron chi connectivity index (χ3n) is 4.75. The molecule has 0 spiro atoms. The van der Waals surface area contributed by atoms with E-state index in [0.717, 1.165) is 18.6 Å². The molecule has 0 aliphatic heterocycles. The Bertz CT molecular complexity index is 350. The van der Waals surface area contributed by atoms with E-state index in [4.69, 9.17) is 5.11 Å². The molecule has 0 aliphatic carbocycles. The second kappa shape index (κ2) is 19.1.